The van der Waals surface area contributed by atoms with Crippen LogP contribution in [0, 0.1) is 0 Å². The molecule has 0 radical (unpaired) electrons. The Hall–Kier alpha value is -2.55. The Bertz CT molecular complexity index is 630. The van der Waals surface area contributed by atoms with Crippen molar-refractivity contribution in [3.63, 3.8) is 0 Å². The van der Waals surface area contributed by atoms with E-state index in [0.29, 0.717) is 6.61 Å². The van der Waals surface area contributed by atoms with Gasteiger partial charge in [-0.25, -0.2) is 4.79 Å². The van der Waals surface area contributed by atoms with Crippen LogP contribution < -0.4 is 5.32 Å². The second kappa shape index (κ2) is 8.03. The molecule has 114 valence electrons. The number of carbonyl (C=O) groups excluding carboxylic acids is 1. The number of rotatable bonds is 6. The van der Waals surface area contributed by atoms with Crippen molar-refractivity contribution in [2.24, 2.45) is 0 Å². The van der Waals surface area contributed by atoms with Gasteiger partial charge in [-0.05, 0) is 36.6 Å². The lowest BCUT2D eigenvalue weighted by Crippen LogP contribution is -2.06. The topological polar surface area (TPSA) is 38.3 Å². The van der Waals surface area contributed by atoms with Gasteiger partial charge >= 0.3 is 5.97 Å². The maximum absolute atomic E-state index is 11.8. The van der Waals surface area contributed by atoms with E-state index < -0.39 is 0 Å². The van der Waals surface area contributed by atoms with E-state index in [1.54, 1.807) is 6.92 Å². The molecule has 3 nitrogen and oxygen atoms in total. The van der Waals surface area contributed by atoms with Gasteiger partial charge in [-0.15, -0.1) is 0 Å². The van der Waals surface area contributed by atoms with Gasteiger partial charge in [0.25, 0.3) is 0 Å². The zero-order chi connectivity index (χ0) is 15.8. The van der Waals surface area contributed by atoms with E-state index in [1.165, 1.54) is 11.6 Å². The second-order valence-corrected chi connectivity index (χ2v) is 4.85. The molecule has 0 fully saturated rings. The fourth-order valence-corrected chi connectivity index (χ4v) is 2.09. The normalized spacial score (nSPS) is 11.1. The molecule has 0 spiro atoms. The third-order valence-corrected chi connectivity index (χ3v) is 3.27. The fraction of sp³-hybridized carbons (Fsp3) is 0.211. The highest BCUT2D eigenvalue weighted by Gasteiger charge is 2.06. The monoisotopic (exact) mass is 295 g/mol. The minimum Gasteiger partial charge on any atom is -0.463 e. The van der Waals surface area contributed by atoms with Gasteiger partial charge in [0.1, 0.15) is 0 Å². The Labute approximate surface area is 131 Å². The van der Waals surface area contributed by atoms with Gasteiger partial charge in [0.15, 0.2) is 0 Å². The minimum absolute atomic E-state index is 0.348. The van der Waals surface area contributed by atoms with Gasteiger partial charge in [-0.2, -0.15) is 0 Å². The van der Waals surface area contributed by atoms with Crippen LogP contribution in [0.3, 0.4) is 0 Å². The Balaban J connectivity index is 2.26. The summed E-state index contributed by atoms with van der Waals surface area (Å²) in [4.78, 5) is 11.8. The van der Waals surface area contributed by atoms with Crippen LogP contribution in [0.1, 0.15) is 25.0 Å². The van der Waals surface area contributed by atoms with Crippen LogP contribution in [0.2, 0.25) is 0 Å². The highest BCUT2D eigenvalue weighted by Crippen LogP contribution is 2.19. The van der Waals surface area contributed by atoms with Crippen LogP contribution in [-0.4, -0.2) is 12.6 Å². The third kappa shape index (κ3) is 4.48. The maximum atomic E-state index is 11.8. The van der Waals surface area contributed by atoms with Crippen molar-refractivity contribution in [2.45, 2.75) is 20.3 Å². The summed E-state index contributed by atoms with van der Waals surface area (Å²) >= 11 is 0. The maximum Gasteiger partial charge on any atom is 0.332 e. The lowest BCUT2D eigenvalue weighted by atomic mass is 10.1. The van der Waals surface area contributed by atoms with E-state index >= 15 is 0 Å². The minimum atomic E-state index is -0.348. The van der Waals surface area contributed by atoms with Crippen LogP contribution in [0.4, 0.5) is 5.69 Å². The first kappa shape index (κ1) is 15.8. The Morgan fingerprint density at radius 2 is 1.73 bits per heavy atom. The summed E-state index contributed by atoms with van der Waals surface area (Å²) in [5, 5.41) is 3.30. The van der Waals surface area contributed by atoms with Crippen molar-refractivity contribution >= 4 is 17.4 Å². The van der Waals surface area contributed by atoms with Gasteiger partial charge in [0.2, 0.25) is 0 Å². The predicted molar refractivity (Wildman–Crippen MR) is 90.5 cm³/mol. The second-order valence-electron chi connectivity index (χ2n) is 4.85. The number of ether oxygens (including phenoxy) is 1. The fourth-order valence-electron chi connectivity index (χ4n) is 2.09. The van der Waals surface area contributed by atoms with E-state index in [0.717, 1.165) is 23.4 Å². The lowest BCUT2D eigenvalue weighted by molar-refractivity contribution is -0.137. The highest BCUT2D eigenvalue weighted by molar-refractivity contribution is 5.94. The quantitative estimate of drug-likeness (QED) is 0.639. The molecule has 0 aliphatic carbocycles. The van der Waals surface area contributed by atoms with Crippen molar-refractivity contribution in [3.05, 3.63) is 71.8 Å². The first-order valence-electron chi connectivity index (χ1n) is 7.52. The Morgan fingerprint density at radius 3 is 2.32 bits per heavy atom. The number of anilines is 1. The molecule has 0 amide bonds. The molecule has 0 atom stereocenters. The number of aryl methyl sites for hydroxylation is 1. The van der Waals surface area contributed by atoms with Crippen LogP contribution in [0.15, 0.2) is 60.7 Å². The standard InChI is InChI=1S/C19H21NO2/c1-3-15-10-12-17(13-11-15)20-18(14-19(21)22-4-2)16-8-6-5-7-9-16/h5-14,20H,3-4H2,1-2H3/b18-14-. The first-order chi connectivity index (χ1) is 10.7. The summed E-state index contributed by atoms with van der Waals surface area (Å²) in [7, 11) is 0. The predicted octanol–water partition coefficient (Wildman–Crippen LogP) is 4.27. The van der Waals surface area contributed by atoms with Crippen molar-refractivity contribution < 1.29 is 9.53 Å². The van der Waals surface area contributed by atoms with Crippen molar-refractivity contribution in [1.29, 1.82) is 0 Å². The van der Waals surface area contributed by atoms with Crippen LogP contribution >= 0.6 is 0 Å². The molecule has 1 N–H and O–H groups in total. The largest absolute Gasteiger partial charge is 0.463 e. The number of nitrogens with one attached hydrogen (secondary N) is 1. The zero-order valence-electron chi connectivity index (χ0n) is 13.0. The van der Waals surface area contributed by atoms with E-state index in [2.05, 4.69) is 24.4 Å². The molecule has 0 bridgehead atoms. The molecule has 2 aromatic rings. The Morgan fingerprint density at radius 1 is 1.05 bits per heavy atom. The summed E-state index contributed by atoms with van der Waals surface area (Å²) in [6.45, 7) is 4.28. The van der Waals surface area contributed by atoms with E-state index in [9.17, 15) is 4.79 Å². The van der Waals surface area contributed by atoms with Crippen LogP contribution in [0.5, 0.6) is 0 Å². The average Bonchev–Trinajstić information content (AvgIpc) is 2.56. The number of carbonyl (C=O) groups is 1. The molecule has 0 unspecified atom stereocenters. The molecule has 0 saturated heterocycles. The molecule has 0 aliphatic heterocycles. The van der Waals surface area contributed by atoms with Crippen LogP contribution in [0.25, 0.3) is 5.70 Å². The van der Waals surface area contributed by atoms with Gasteiger partial charge in [-0.3, -0.25) is 0 Å². The summed E-state index contributed by atoms with van der Waals surface area (Å²) in [6.07, 6.45) is 2.50. The molecule has 2 rings (SSSR count). The summed E-state index contributed by atoms with van der Waals surface area (Å²) in [6, 6.07) is 17.9. The molecule has 0 heterocycles. The summed E-state index contributed by atoms with van der Waals surface area (Å²) < 4.78 is 5.01. The molecule has 22 heavy (non-hydrogen) atoms. The smallest absolute Gasteiger partial charge is 0.332 e. The average molecular weight is 295 g/mol. The third-order valence-electron chi connectivity index (χ3n) is 3.27. The van der Waals surface area contributed by atoms with Gasteiger partial charge in [0, 0.05) is 11.8 Å². The highest BCUT2D eigenvalue weighted by atomic mass is 16.5. The van der Waals surface area contributed by atoms with Gasteiger partial charge in [-0.1, -0.05) is 49.4 Å². The lowest BCUT2D eigenvalue weighted by Gasteiger charge is -2.12. The van der Waals surface area contributed by atoms with Gasteiger partial charge in [0.05, 0.1) is 12.3 Å². The summed E-state index contributed by atoms with van der Waals surface area (Å²) in [5.41, 5.74) is 3.89. The van der Waals surface area contributed by atoms with Crippen molar-refractivity contribution in [2.75, 3.05) is 11.9 Å². The number of esters is 1. The molecule has 2 aromatic carbocycles. The first-order valence-corrected chi connectivity index (χ1v) is 7.52. The van der Waals surface area contributed by atoms with Gasteiger partial charge < -0.3 is 10.1 Å². The van der Waals surface area contributed by atoms with Crippen molar-refractivity contribution in [1.82, 2.24) is 0 Å². The molecular weight excluding hydrogens is 274 g/mol. The molecule has 0 aromatic heterocycles. The number of hydrogen-bond acceptors (Lipinski definition) is 3. The Kier molecular flexibility index (Phi) is 5.78. The van der Waals surface area contributed by atoms with Crippen LogP contribution in [-0.2, 0) is 16.0 Å². The summed E-state index contributed by atoms with van der Waals surface area (Å²) in [5.74, 6) is -0.348. The SMILES string of the molecule is CCOC(=O)/C=C(\Nc1ccc(CC)cc1)c1ccccc1. The van der Waals surface area contributed by atoms with E-state index in [1.807, 2.05) is 42.5 Å². The molecule has 0 aliphatic rings. The zero-order valence-corrected chi connectivity index (χ0v) is 13.0. The van der Waals surface area contributed by atoms with E-state index in [-0.39, 0.29) is 5.97 Å². The molecule has 3 heteroatoms. The van der Waals surface area contributed by atoms with Crippen molar-refractivity contribution in [3.8, 4) is 0 Å². The number of benzene rings is 2. The van der Waals surface area contributed by atoms with E-state index in [4.69, 9.17) is 4.74 Å². The number of hydrogen-bond donors (Lipinski definition) is 1. The molecule has 0 saturated carbocycles. The molecular formula is C19H21NO2.